The van der Waals surface area contributed by atoms with E-state index in [0.29, 0.717) is 12.5 Å². The standard InChI is InChI=1S/C22H25F2N2O7P/c1-22(2)13(4-3-7-34(31,32)33)10-26-11-15(18(27)19(28)17(26)20(22)29)21(30)25-9-12-5-6-14(23)8-16(12)24/h5-6,8,11,13,28H,3-4,7,9-10H2,1-2H3,(H,25,30)(H2,31,32,33). The quantitative estimate of drug-likeness (QED) is 0.429. The van der Waals surface area contributed by atoms with Crippen LogP contribution in [0, 0.1) is 23.0 Å². The molecule has 4 N–H and O–H groups in total. The maximum atomic E-state index is 13.8. The molecule has 1 atom stereocenters. The summed E-state index contributed by atoms with van der Waals surface area (Å²) in [5, 5.41) is 12.8. The summed E-state index contributed by atoms with van der Waals surface area (Å²) in [4.78, 5) is 56.6. The molecule has 1 amide bonds. The number of Topliss-reactive ketones (excluding diaryl/α,β-unsaturated/α-hetero) is 1. The van der Waals surface area contributed by atoms with Crippen molar-refractivity contribution in [3.63, 3.8) is 0 Å². The van der Waals surface area contributed by atoms with Gasteiger partial charge in [0.25, 0.3) is 5.91 Å². The van der Waals surface area contributed by atoms with Crippen molar-refractivity contribution < 1.29 is 37.8 Å². The average molecular weight is 498 g/mol. The Kier molecular flexibility index (Phi) is 7.12. The topological polar surface area (TPSA) is 146 Å². The van der Waals surface area contributed by atoms with E-state index in [9.17, 15) is 32.8 Å². The molecule has 184 valence electrons. The van der Waals surface area contributed by atoms with E-state index in [4.69, 9.17) is 9.79 Å². The third-order valence-corrected chi connectivity index (χ3v) is 7.09. The lowest BCUT2D eigenvalue weighted by Gasteiger charge is -2.39. The normalized spacial score (nSPS) is 17.4. The second-order valence-corrected chi connectivity index (χ2v) is 10.7. The molecule has 1 aromatic carbocycles. The first-order valence-electron chi connectivity index (χ1n) is 10.5. The molecule has 2 heterocycles. The Hall–Kier alpha value is -2.88. The van der Waals surface area contributed by atoms with Crippen LogP contribution in [0.3, 0.4) is 0 Å². The molecule has 0 saturated carbocycles. The summed E-state index contributed by atoms with van der Waals surface area (Å²) in [6.07, 6.45) is 1.24. The monoisotopic (exact) mass is 498 g/mol. The van der Waals surface area contributed by atoms with Gasteiger partial charge in [0.2, 0.25) is 5.43 Å². The lowest BCUT2D eigenvalue weighted by atomic mass is 9.70. The number of carbonyl (C=O) groups excluding carboxylic acids is 2. The maximum absolute atomic E-state index is 13.8. The number of rotatable bonds is 7. The third-order valence-electron chi connectivity index (χ3n) is 6.20. The Morgan fingerprint density at radius 2 is 1.94 bits per heavy atom. The number of nitrogens with one attached hydrogen (secondary N) is 1. The second-order valence-electron chi connectivity index (χ2n) is 8.92. The minimum Gasteiger partial charge on any atom is -0.503 e. The van der Waals surface area contributed by atoms with Crippen LogP contribution < -0.4 is 10.7 Å². The van der Waals surface area contributed by atoms with Crippen LogP contribution in [-0.2, 0) is 17.7 Å². The highest BCUT2D eigenvalue weighted by atomic mass is 31.2. The summed E-state index contributed by atoms with van der Waals surface area (Å²) < 4.78 is 39.3. The molecule has 34 heavy (non-hydrogen) atoms. The van der Waals surface area contributed by atoms with Gasteiger partial charge in [-0.25, -0.2) is 8.78 Å². The highest BCUT2D eigenvalue weighted by Crippen LogP contribution is 2.43. The van der Waals surface area contributed by atoms with Crippen molar-refractivity contribution in [3.05, 3.63) is 63.1 Å². The van der Waals surface area contributed by atoms with Gasteiger partial charge in [0, 0.05) is 42.5 Å². The molecule has 0 aliphatic carbocycles. The number of benzene rings is 1. The number of hydrogen-bond acceptors (Lipinski definition) is 5. The zero-order chi connectivity index (χ0) is 25.4. The van der Waals surface area contributed by atoms with Gasteiger partial charge >= 0.3 is 7.60 Å². The molecule has 9 nitrogen and oxygen atoms in total. The van der Waals surface area contributed by atoms with E-state index >= 15 is 0 Å². The predicted octanol–water partition coefficient (Wildman–Crippen LogP) is 2.56. The largest absolute Gasteiger partial charge is 0.503 e. The average Bonchev–Trinajstić information content (AvgIpc) is 2.72. The number of fused-ring (bicyclic) bond motifs is 1. The smallest absolute Gasteiger partial charge is 0.325 e. The molecule has 2 aromatic rings. The van der Waals surface area contributed by atoms with Crippen molar-refractivity contribution >= 4 is 19.3 Å². The lowest BCUT2D eigenvalue weighted by molar-refractivity contribution is 0.0625. The number of halogens is 2. The fourth-order valence-electron chi connectivity index (χ4n) is 4.08. The number of aromatic nitrogens is 1. The fourth-order valence-corrected chi connectivity index (χ4v) is 4.68. The Morgan fingerprint density at radius 1 is 1.26 bits per heavy atom. The van der Waals surface area contributed by atoms with E-state index < -0.39 is 53.1 Å². The SMILES string of the molecule is CC1(C)C(=O)c2c(O)c(=O)c(C(=O)NCc3ccc(F)cc3F)cn2CC1CCCP(=O)(O)O. The number of ketones is 1. The number of hydrogen-bond donors (Lipinski definition) is 4. The Balaban J connectivity index is 1.88. The maximum Gasteiger partial charge on any atom is 0.325 e. The zero-order valence-electron chi connectivity index (χ0n) is 18.5. The molecule has 1 aliphatic rings. The number of amides is 1. The number of carbonyl (C=O) groups is 2. The minimum atomic E-state index is -4.20. The summed E-state index contributed by atoms with van der Waals surface area (Å²) in [5.74, 6) is -4.38. The molecule has 1 unspecified atom stereocenters. The first-order chi connectivity index (χ1) is 15.7. The Morgan fingerprint density at radius 3 is 2.56 bits per heavy atom. The van der Waals surface area contributed by atoms with E-state index in [0.717, 1.165) is 18.3 Å². The summed E-state index contributed by atoms with van der Waals surface area (Å²) in [5.41, 5.74) is -2.82. The molecule has 0 fully saturated rings. The first-order valence-corrected chi connectivity index (χ1v) is 12.3. The summed E-state index contributed by atoms with van der Waals surface area (Å²) in [6.45, 7) is 3.03. The van der Waals surface area contributed by atoms with Crippen LogP contribution in [0.4, 0.5) is 8.78 Å². The van der Waals surface area contributed by atoms with Gasteiger partial charge in [0.1, 0.15) is 22.9 Å². The van der Waals surface area contributed by atoms with Gasteiger partial charge in [0.15, 0.2) is 11.5 Å². The Bertz CT molecular complexity index is 1250. The molecule has 1 aliphatic heterocycles. The predicted molar refractivity (Wildman–Crippen MR) is 118 cm³/mol. The van der Waals surface area contributed by atoms with Crippen LogP contribution >= 0.6 is 7.60 Å². The van der Waals surface area contributed by atoms with E-state index in [1.807, 2.05) is 0 Å². The third kappa shape index (κ3) is 5.27. The van der Waals surface area contributed by atoms with Gasteiger partial charge in [-0.05, 0) is 24.8 Å². The number of pyridine rings is 1. The van der Waals surface area contributed by atoms with Gasteiger partial charge in [-0.1, -0.05) is 19.9 Å². The van der Waals surface area contributed by atoms with E-state index in [1.54, 1.807) is 13.8 Å². The highest BCUT2D eigenvalue weighted by Gasteiger charge is 2.44. The van der Waals surface area contributed by atoms with Crippen molar-refractivity contribution in [2.75, 3.05) is 6.16 Å². The van der Waals surface area contributed by atoms with Gasteiger partial charge in [-0.2, -0.15) is 0 Å². The van der Waals surface area contributed by atoms with Gasteiger partial charge in [-0.15, -0.1) is 0 Å². The van der Waals surface area contributed by atoms with Crippen LogP contribution in [0.25, 0.3) is 0 Å². The molecule has 3 rings (SSSR count). The van der Waals surface area contributed by atoms with Crippen molar-refractivity contribution in [3.8, 4) is 5.75 Å². The number of nitrogens with zero attached hydrogens (tertiary/aromatic N) is 1. The molecule has 1 aromatic heterocycles. The van der Waals surface area contributed by atoms with Gasteiger partial charge in [0.05, 0.1) is 0 Å². The molecular formula is C22H25F2N2O7P. The highest BCUT2D eigenvalue weighted by molar-refractivity contribution is 7.51. The van der Waals surface area contributed by atoms with Crippen LogP contribution in [0.5, 0.6) is 5.75 Å². The van der Waals surface area contributed by atoms with E-state index in [1.165, 1.54) is 4.57 Å². The Labute approximate surface area is 193 Å². The molecule has 0 spiro atoms. The van der Waals surface area contributed by atoms with Crippen molar-refractivity contribution in [2.45, 2.75) is 39.8 Å². The van der Waals surface area contributed by atoms with E-state index in [2.05, 4.69) is 5.32 Å². The van der Waals surface area contributed by atoms with Crippen molar-refractivity contribution in [2.24, 2.45) is 11.3 Å². The van der Waals surface area contributed by atoms with E-state index in [-0.39, 0.29) is 42.8 Å². The fraction of sp³-hybridized carbons (Fsp3) is 0.409. The lowest BCUT2D eigenvalue weighted by Crippen LogP contribution is -2.44. The van der Waals surface area contributed by atoms with Crippen LogP contribution in [0.1, 0.15) is 53.1 Å². The summed E-state index contributed by atoms with van der Waals surface area (Å²) in [6, 6.07) is 2.82. The second kappa shape index (κ2) is 9.40. The van der Waals surface area contributed by atoms with Crippen molar-refractivity contribution in [1.29, 1.82) is 0 Å². The van der Waals surface area contributed by atoms with Gasteiger partial charge in [-0.3, -0.25) is 18.9 Å². The van der Waals surface area contributed by atoms with Crippen molar-refractivity contribution in [1.82, 2.24) is 9.88 Å². The number of aromatic hydroxyl groups is 1. The molecule has 12 heteroatoms. The minimum absolute atomic E-state index is 0.0147. The molecule has 0 bridgehead atoms. The molecular weight excluding hydrogens is 473 g/mol. The van der Waals surface area contributed by atoms with Gasteiger partial charge < -0.3 is 24.8 Å². The van der Waals surface area contributed by atoms with Crippen LogP contribution in [-0.4, -0.2) is 37.3 Å². The van der Waals surface area contributed by atoms with Crippen LogP contribution in [0.2, 0.25) is 0 Å². The molecule has 0 radical (unpaired) electrons. The zero-order valence-corrected chi connectivity index (χ0v) is 19.4. The van der Waals surface area contributed by atoms with Crippen LogP contribution in [0.15, 0.2) is 29.2 Å². The summed E-state index contributed by atoms with van der Waals surface area (Å²) >= 11 is 0. The molecule has 0 saturated heterocycles. The summed E-state index contributed by atoms with van der Waals surface area (Å²) in [7, 11) is -4.20. The first kappa shape index (κ1) is 25.7.